The first-order valence-electron chi connectivity index (χ1n) is 5.66. The van der Waals surface area contributed by atoms with E-state index in [0.29, 0.717) is 32.0 Å². The monoisotopic (exact) mass is 267 g/mol. The van der Waals surface area contributed by atoms with Gasteiger partial charge in [-0.2, -0.15) is 0 Å². The molecule has 0 unspecified atom stereocenters. The molecular formula is C11H13N3O5. The lowest BCUT2D eigenvalue weighted by Gasteiger charge is -2.28. The number of ether oxygens (including phenoxy) is 2. The molecule has 1 aromatic carbocycles. The van der Waals surface area contributed by atoms with Crippen LogP contribution in [-0.2, 0) is 4.74 Å². The van der Waals surface area contributed by atoms with E-state index in [1.165, 1.54) is 12.1 Å². The van der Waals surface area contributed by atoms with Crippen LogP contribution in [0.4, 0.5) is 16.2 Å². The molecule has 8 heteroatoms. The molecule has 1 amide bonds. The Balaban J connectivity index is 2.29. The number of anilines is 1. The highest BCUT2D eigenvalue weighted by molar-refractivity contribution is 5.71. The summed E-state index contributed by atoms with van der Waals surface area (Å²) in [5.74, 6) is -0.158. The van der Waals surface area contributed by atoms with Crippen LogP contribution in [0, 0.1) is 10.1 Å². The first kappa shape index (κ1) is 13.1. The van der Waals surface area contributed by atoms with Crippen molar-refractivity contribution < 1.29 is 19.2 Å². The molecule has 1 fully saturated rings. The lowest BCUT2D eigenvalue weighted by atomic mass is 10.2. The zero-order chi connectivity index (χ0) is 13.8. The van der Waals surface area contributed by atoms with Gasteiger partial charge in [0.1, 0.15) is 0 Å². The van der Waals surface area contributed by atoms with Crippen LogP contribution in [0.5, 0.6) is 5.75 Å². The third-order valence-electron chi connectivity index (χ3n) is 2.73. The SMILES string of the molecule is NC(=O)Oc1ccc(N2CCOCC2)cc1[N+](=O)[O-]. The number of carbonyl (C=O) groups is 1. The van der Waals surface area contributed by atoms with Crippen LogP contribution in [-0.4, -0.2) is 37.3 Å². The van der Waals surface area contributed by atoms with E-state index in [4.69, 9.17) is 10.5 Å². The van der Waals surface area contributed by atoms with Crippen molar-refractivity contribution in [2.24, 2.45) is 5.73 Å². The Hall–Kier alpha value is -2.35. The molecule has 1 aliphatic rings. The van der Waals surface area contributed by atoms with Gasteiger partial charge in [-0.15, -0.1) is 0 Å². The number of morpholine rings is 1. The summed E-state index contributed by atoms with van der Waals surface area (Å²) >= 11 is 0. The van der Waals surface area contributed by atoms with E-state index in [-0.39, 0.29) is 11.4 Å². The Kier molecular flexibility index (Phi) is 3.81. The maximum Gasteiger partial charge on any atom is 0.410 e. The van der Waals surface area contributed by atoms with Gasteiger partial charge in [0.15, 0.2) is 0 Å². The van der Waals surface area contributed by atoms with Gasteiger partial charge < -0.3 is 20.1 Å². The largest absolute Gasteiger partial charge is 0.410 e. The van der Waals surface area contributed by atoms with Gasteiger partial charge in [0.25, 0.3) is 0 Å². The van der Waals surface area contributed by atoms with Crippen LogP contribution in [0.1, 0.15) is 0 Å². The second-order valence-electron chi connectivity index (χ2n) is 3.93. The number of rotatable bonds is 3. The van der Waals surface area contributed by atoms with Gasteiger partial charge in [-0.3, -0.25) is 10.1 Å². The van der Waals surface area contributed by atoms with Crippen molar-refractivity contribution in [2.75, 3.05) is 31.2 Å². The third-order valence-corrected chi connectivity index (χ3v) is 2.73. The molecule has 1 aliphatic heterocycles. The van der Waals surface area contributed by atoms with Crippen molar-refractivity contribution in [2.45, 2.75) is 0 Å². The van der Waals surface area contributed by atoms with Gasteiger partial charge in [-0.1, -0.05) is 0 Å². The number of hydrogen-bond donors (Lipinski definition) is 1. The van der Waals surface area contributed by atoms with Crippen LogP contribution < -0.4 is 15.4 Å². The molecule has 0 atom stereocenters. The molecule has 1 heterocycles. The predicted octanol–water partition coefficient (Wildman–Crippen LogP) is 0.889. The van der Waals surface area contributed by atoms with E-state index in [1.807, 2.05) is 4.90 Å². The maximum atomic E-state index is 11.0. The zero-order valence-corrected chi connectivity index (χ0v) is 10.1. The van der Waals surface area contributed by atoms with Crippen molar-refractivity contribution >= 4 is 17.5 Å². The zero-order valence-electron chi connectivity index (χ0n) is 10.1. The van der Waals surface area contributed by atoms with Crippen molar-refractivity contribution in [3.05, 3.63) is 28.3 Å². The molecule has 102 valence electrons. The average molecular weight is 267 g/mol. The molecule has 2 rings (SSSR count). The summed E-state index contributed by atoms with van der Waals surface area (Å²) in [6, 6.07) is 4.38. The van der Waals surface area contributed by atoms with Crippen molar-refractivity contribution in [3.8, 4) is 5.75 Å². The highest BCUT2D eigenvalue weighted by Gasteiger charge is 2.20. The molecular weight excluding hydrogens is 254 g/mol. The third kappa shape index (κ3) is 3.10. The number of amides is 1. The normalized spacial score (nSPS) is 15.1. The number of benzene rings is 1. The maximum absolute atomic E-state index is 11.0. The second-order valence-corrected chi connectivity index (χ2v) is 3.93. The summed E-state index contributed by atoms with van der Waals surface area (Å²) in [5, 5.41) is 11.0. The van der Waals surface area contributed by atoms with Crippen LogP contribution in [0.3, 0.4) is 0 Å². The topological polar surface area (TPSA) is 108 Å². The molecule has 0 aliphatic carbocycles. The number of primary amides is 1. The number of nitro benzene ring substituents is 1. The van der Waals surface area contributed by atoms with Crippen LogP contribution in [0.2, 0.25) is 0 Å². The number of nitrogens with two attached hydrogens (primary N) is 1. The van der Waals surface area contributed by atoms with Gasteiger partial charge in [0.2, 0.25) is 5.75 Å². The van der Waals surface area contributed by atoms with E-state index < -0.39 is 11.0 Å². The fourth-order valence-electron chi connectivity index (χ4n) is 1.86. The van der Waals surface area contributed by atoms with E-state index in [2.05, 4.69) is 4.74 Å². The standard InChI is InChI=1S/C11H13N3O5/c12-11(15)19-10-2-1-8(7-9(10)14(16)17)13-3-5-18-6-4-13/h1-2,7H,3-6H2,(H2,12,15). The quantitative estimate of drug-likeness (QED) is 0.643. The summed E-state index contributed by atoms with van der Waals surface area (Å²) in [4.78, 5) is 23.0. The lowest BCUT2D eigenvalue weighted by Crippen LogP contribution is -2.36. The van der Waals surface area contributed by atoms with Crippen LogP contribution >= 0.6 is 0 Å². The summed E-state index contributed by atoms with van der Waals surface area (Å²) in [7, 11) is 0. The van der Waals surface area contributed by atoms with Gasteiger partial charge in [0, 0.05) is 24.8 Å². The molecule has 0 aromatic heterocycles. The minimum atomic E-state index is -1.08. The Morgan fingerprint density at radius 3 is 2.68 bits per heavy atom. The molecule has 0 bridgehead atoms. The number of nitrogens with zero attached hydrogens (tertiary/aromatic N) is 2. The molecule has 8 nitrogen and oxygen atoms in total. The highest BCUT2D eigenvalue weighted by atomic mass is 16.6. The Morgan fingerprint density at radius 2 is 2.11 bits per heavy atom. The molecule has 0 saturated carbocycles. The summed E-state index contributed by atoms with van der Waals surface area (Å²) < 4.78 is 9.82. The van der Waals surface area contributed by atoms with Gasteiger partial charge in [-0.05, 0) is 12.1 Å². The fourth-order valence-corrected chi connectivity index (χ4v) is 1.86. The Labute approximate surface area is 108 Å². The molecule has 1 aromatic rings. The molecule has 0 radical (unpaired) electrons. The number of nitro groups is 1. The first-order chi connectivity index (χ1) is 9.08. The summed E-state index contributed by atoms with van der Waals surface area (Å²) in [6.07, 6.45) is -1.08. The smallest absolute Gasteiger partial charge is 0.403 e. The predicted molar refractivity (Wildman–Crippen MR) is 66.3 cm³/mol. The van der Waals surface area contributed by atoms with Crippen LogP contribution in [0.25, 0.3) is 0 Å². The summed E-state index contributed by atoms with van der Waals surface area (Å²) in [6.45, 7) is 2.47. The van der Waals surface area contributed by atoms with Crippen LogP contribution in [0.15, 0.2) is 18.2 Å². The van der Waals surface area contributed by atoms with Crippen molar-refractivity contribution in [1.29, 1.82) is 0 Å². The fraction of sp³-hybridized carbons (Fsp3) is 0.364. The lowest BCUT2D eigenvalue weighted by molar-refractivity contribution is -0.385. The van der Waals surface area contributed by atoms with Crippen molar-refractivity contribution in [3.63, 3.8) is 0 Å². The molecule has 2 N–H and O–H groups in total. The molecule has 1 saturated heterocycles. The van der Waals surface area contributed by atoms with Crippen molar-refractivity contribution in [1.82, 2.24) is 0 Å². The van der Waals surface area contributed by atoms with E-state index >= 15 is 0 Å². The summed E-state index contributed by atoms with van der Waals surface area (Å²) in [5.41, 5.74) is 5.26. The Bertz CT molecular complexity index is 499. The highest BCUT2D eigenvalue weighted by Crippen LogP contribution is 2.31. The van der Waals surface area contributed by atoms with E-state index in [0.717, 1.165) is 0 Å². The van der Waals surface area contributed by atoms with Gasteiger partial charge in [0.05, 0.1) is 18.1 Å². The number of carbonyl (C=O) groups excluding carboxylic acids is 1. The minimum absolute atomic E-state index is 0.158. The second kappa shape index (κ2) is 5.53. The average Bonchev–Trinajstić information content (AvgIpc) is 2.39. The van der Waals surface area contributed by atoms with Gasteiger partial charge >= 0.3 is 11.8 Å². The Morgan fingerprint density at radius 1 is 1.42 bits per heavy atom. The van der Waals surface area contributed by atoms with E-state index in [1.54, 1.807) is 6.07 Å². The van der Waals surface area contributed by atoms with E-state index in [9.17, 15) is 14.9 Å². The molecule has 19 heavy (non-hydrogen) atoms. The van der Waals surface area contributed by atoms with Gasteiger partial charge in [-0.25, -0.2) is 4.79 Å². The molecule has 0 spiro atoms. The minimum Gasteiger partial charge on any atom is -0.403 e. The number of hydrogen-bond acceptors (Lipinski definition) is 6. The first-order valence-corrected chi connectivity index (χ1v) is 5.66.